The number of hydrogen-bond donors (Lipinski definition) is 2. The van der Waals surface area contributed by atoms with Gasteiger partial charge in [0.1, 0.15) is 0 Å². The second-order valence-electron chi connectivity index (χ2n) is 6.09. The first-order valence-electron chi connectivity index (χ1n) is 6.01. The number of rotatable bonds is 2. The lowest BCUT2D eigenvalue weighted by Crippen LogP contribution is -2.49. The van der Waals surface area contributed by atoms with Gasteiger partial charge in [-0.05, 0) is 37.5 Å². The molecule has 0 spiro atoms. The van der Waals surface area contributed by atoms with E-state index in [2.05, 4.69) is 19.2 Å². The lowest BCUT2D eigenvalue weighted by Gasteiger charge is -2.36. The van der Waals surface area contributed by atoms with E-state index in [-0.39, 0.29) is 5.91 Å². The second kappa shape index (κ2) is 3.48. The number of nitrogens with one attached hydrogen (secondary N) is 1. The summed E-state index contributed by atoms with van der Waals surface area (Å²) in [4.78, 5) is 11.8. The maximum atomic E-state index is 11.8. The molecule has 2 saturated carbocycles. The van der Waals surface area contributed by atoms with Gasteiger partial charge in [-0.15, -0.1) is 0 Å². The van der Waals surface area contributed by atoms with E-state index in [4.69, 9.17) is 5.73 Å². The molecular weight excluding hydrogens is 188 g/mol. The minimum atomic E-state index is -0.512. The SMILES string of the molecule is CC1(C)CCCC(NC(=O)C2(N)CC2)C1. The van der Waals surface area contributed by atoms with Crippen molar-refractivity contribution in [2.45, 2.75) is 64.0 Å². The highest BCUT2D eigenvalue weighted by Crippen LogP contribution is 2.37. The van der Waals surface area contributed by atoms with Crippen molar-refractivity contribution in [3.8, 4) is 0 Å². The number of carbonyl (C=O) groups is 1. The molecule has 0 saturated heterocycles. The Morgan fingerprint density at radius 1 is 1.33 bits per heavy atom. The van der Waals surface area contributed by atoms with Crippen LogP contribution in [0.1, 0.15) is 52.4 Å². The van der Waals surface area contributed by atoms with Crippen molar-refractivity contribution < 1.29 is 4.79 Å². The van der Waals surface area contributed by atoms with Gasteiger partial charge in [0.15, 0.2) is 0 Å². The molecule has 2 fully saturated rings. The predicted molar refractivity (Wildman–Crippen MR) is 60.3 cm³/mol. The monoisotopic (exact) mass is 210 g/mol. The van der Waals surface area contributed by atoms with Gasteiger partial charge in [-0.2, -0.15) is 0 Å². The van der Waals surface area contributed by atoms with Gasteiger partial charge in [-0.25, -0.2) is 0 Å². The van der Waals surface area contributed by atoms with Crippen molar-refractivity contribution in [1.29, 1.82) is 0 Å². The zero-order valence-corrected chi connectivity index (χ0v) is 9.81. The van der Waals surface area contributed by atoms with Crippen LogP contribution in [-0.4, -0.2) is 17.5 Å². The van der Waals surface area contributed by atoms with E-state index in [0.29, 0.717) is 11.5 Å². The number of nitrogens with two attached hydrogens (primary N) is 1. The summed E-state index contributed by atoms with van der Waals surface area (Å²) in [5.41, 5.74) is 5.73. The van der Waals surface area contributed by atoms with Gasteiger partial charge in [-0.3, -0.25) is 4.79 Å². The lowest BCUT2D eigenvalue weighted by atomic mass is 9.75. The molecule has 0 radical (unpaired) electrons. The van der Waals surface area contributed by atoms with Gasteiger partial charge in [0.25, 0.3) is 0 Å². The Labute approximate surface area is 91.8 Å². The molecule has 3 nitrogen and oxygen atoms in total. The molecule has 3 N–H and O–H groups in total. The summed E-state index contributed by atoms with van der Waals surface area (Å²) in [5.74, 6) is 0.0743. The van der Waals surface area contributed by atoms with Crippen LogP contribution in [0, 0.1) is 5.41 Å². The molecule has 0 bridgehead atoms. The summed E-state index contributed by atoms with van der Waals surface area (Å²) in [6, 6.07) is 0.349. The number of hydrogen-bond acceptors (Lipinski definition) is 2. The van der Waals surface area contributed by atoms with E-state index in [0.717, 1.165) is 25.7 Å². The van der Waals surface area contributed by atoms with Crippen molar-refractivity contribution in [3.63, 3.8) is 0 Å². The maximum absolute atomic E-state index is 11.8. The zero-order chi connectivity index (χ0) is 11.1. The first kappa shape index (κ1) is 10.9. The van der Waals surface area contributed by atoms with Gasteiger partial charge >= 0.3 is 0 Å². The van der Waals surface area contributed by atoms with Crippen LogP contribution in [0.4, 0.5) is 0 Å². The summed E-state index contributed by atoms with van der Waals surface area (Å²) in [6.45, 7) is 4.56. The standard InChI is InChI=1S/C12H22N2O/c1-11(2)5-3-4-9(8-11)14-10(15)12(13)6-7-12/h9H,3-8,13H2,1-2H3,(H,14,15). The molecule has 86 valence electrons. The van der Waals surface area contributed by atoms with E-state index in [1.54, 1.807) is 0 Å². The molecule has 1 unspecified atom stereocenters. The van der Waals surface area contributed by atoms with Crippen LogP contribution < -0.4 is 11.1 Å². The normalized spacial score (nSPS) is 32.1. The highest BCUT2D eigenvalue weighted by molar-refractivity contribution is 5.89. The Morgan fingerprint density at radius 3 is 2.53 bits per heavy atom. The van der Waals surface area contributed by atoms with Crippen molar-refractivity contribution in [2.24, 2.45) is 11.1 Å². The van der Waals surface area contributed by atoms with Crippen LogP contribution in [0.3, 0.4) is 0 Å². The van der Waals surface area contributed by atoms with Gasteiger partial charge in [0.05, 0.1) is 5.54 Å². The smallest absolute Gasteiger partial charge is 0.240 e. The molecule has 0 aromatic rings. The van der Waals surface area contributed by atoms with Crippen LogP contribution in [0.15, 0.2) is 0 Å². The fraction of sp³-hybridized carbons (Fsp3) is 0.917. The third-order valence-electron chi connectivity index (χ3n) is 3.78. The lowest BCUT2D eigenvalue weighted by molar-refractivity contribution is -0.124. The highest BCUT2D eigenvalue weighted by Gasteiger charge is 2.46. The minimum absolute atomic E-state index is 0.0743. The van der Waals surface area contributed by atoms with E-state index in [1.165, 1.54) is 12.8 Å². The Balaban J connectivity index is 1.86. The van der Waals surface area contributed by atoms with Gasteiger partial charge in [0.2, 0.25) is 5.91 Å². The Bertz CT molecular complexity index is 269. The molecule has 0 aromatic carbocycles. The summed E-state index contributed by atoms with van der Waals surface area (Å²) >= 11 is 0. The molecule has 1 atom stereocenters. The largest absolute Gasteiger partial charge is 0.352 e. The molecule has 0 heterocycles. The van der Waals surface area contributed by atoms with Crippen molar-refractivity contribution in [1.82, 2.24) is 5.32 Å². The van der Waals surface area contributed by atoms with Crippen molar-refractivity contribution >= 4 is 5.91 Å². The quantitative estimate of drug-likeness (QED) is 0.726. The summed E-state index contributed by atoms with van der Waals surface area (Å²) in [5, 5.41) is 3.11. The first-order chi connectivity index (χ1) is 6.91. The van der Waals surface area contributed by atoms with Crippen LogP contribution in [-0.2, 0) is 4.79 Å². The molecule has 3 heteroatoms. The van der Waals surface area contributed by atoms with E-state index in [1.807, 2.05) is 0 Å². The van der Waals surface area contributed by atoms with Crippen LogP contribution in [0.5, 0.6) is 0 Å². The minimum Gasteiger partial charge on any atom is -0.352 e. The average Bonchev–Trinajstić information content (AvgIpc) is 2.83. The fourth-order valence-electron chi connectivity index (χ4n) is 2.51. The number of carbonyl (C=O) groups excluding carboxylic acids is 1. The van der Waals surface area contributed by atoms with Gasteiger partial charge in [-0.1, -0.05) is 20.3 Å². The van der Waals surface area contributed by atoms with Crippen molar-refractivity contribution in [3.05, 3.63) is 0 Å². The van der Waals surface area contributed by atoms with Crippen molar-refractivity contribution in [2.75, 3.05) is 0 Å². The van der Waals surface area contributed by atoms with Gasteiger partial charge in [0, 0.05) is 6.04 Å². The first-order valence-corrected chi connectivity index (χ1v) is 6.01. The van der Waals surface area contributed by atoms with Crippen LogP contribution in [0.25, 0.3) is 0 Å². The number of amides is 1. The van der Waals surface area contributed by atoms with Crippen LogP contribution >= 0.6 is 0 Å². The Hall–Kier alpha value is -0.570. The predicted octanol–water partition coefficient (Wildman–Crippen LogP) is 1.56. The van der Waals surface area contributed by atoms with E-state index >= 15 is 0 Å². The van der Waals surface area contributed by atoms with E-state index < -0.39 is 5.54 Å². The average molecular weight is 210 g/mol. The molecule has 2 aliphatic carbocycles. The second-order valence-corrected chi connectivity index (χ2v) is 6.09. The molecule has 2 aliphatic rings. The molecular formula is C12H22N2O. The summed E-state index contributed by atoms with van der Waals surface area (Å²) in [7, 11) is 0. The summed E-state index contributed by atoms with van der Waals surface area (Å²) < 4.78 is 0. The molecule has 1 amide bonds. The Kier molecular flexibility index (Phi) is 2.53. The molecule has 0 aliphatic heterocycles. The molecule has 0 aromatic heterocycles. The fourth-order valence-corrected chi connectivity index (χ4v) is 2.51. The zero-order valence-electron chi connectivity index (χ0n) is 9.81. The van der Waals surface area contributed by atoms with Gasteiger partial charge < -0.3 is 11.1 Å². The van der Waals surface area contributed by atoms with E-state index in [9.17, 15) is 4.79 Å². The molecule has 2 rings (SSSR count). The Morgan fingerprint density at radius 2 is 2.00 bits per heavy atom. The topological polar surface area (TPSA) is 55.1 Å². The highest BCUT2D eigenvalue weighted by atomic mass is 16.2. The third-order valence-corrected chi connectivity index (χ3v) is 3.78. The maximum Gasteiger partial charge on any atom is 0.240 e. The third kappa shape index (κ3) is 2.51. The molecule has 15 heavy (non-hydrogen) atoms. The summed E-state index contributed by atoms with van der Waals surface area (Å²) in [6.07, 6.45) is 6.41. The van der Waals surface area contributed by atoms with Crippen LogP contribution in [0.2, 0.25) is 0 Å².